The molecular weight excluding hydrogens is 767 g/mol. The van der Waals surface area contributed by atoms with Gasteiger partial charge in [0.25, 0.3) is 0 Å². The third kappa shape index (κ3) is 6.68. The van der Waals surface area contributed by atoms with Crippen LogP contribution in [-0.4, -0.2) is 22.6 Å². The highest BCUT2D eigenvalue weighted by Gasteiger charge is 2.41. The molecule has 2 heterocycles. The molecule has 2 aromatic heterocycles. The molecule has 62 heavy (non-hydrogen) atoms. The Labute approximate surface area is 365 Å². The van der Waals surface area contributed by atoms with Gasteiger partial charge in [0.15, 0.2) is 13.9 Å². The molecule has 10 aromatic rings. The second kappa shape index (κ2) is 16.4. The average Bonchev–Trinajstić information content (AvgIpc) is 3.70. The lowest BCUT2D eigenvalue weighted by Gasteiger charge is -2.34. The van der Waals surface area contributed by atoms with Gasteiger partial charge >= 0.3 is 0 Å². The molecule has 0 aliphatic heterocycles. The van der Waals surface area contributed by atoms with Crippen molar-refractivity contribution < 1.29 is 0 Å². The number of nitrogens with zero attached hydrogens (tertiary/aromatic N) is 3. The summed E-state index contributed by atoms with van der Waals surface area (Å²) in [7, 11) is -2.81. The molecule has 3 nitrogen and oxygen atoms in total. The van der Waals surface area contributed by atoms with E-state index in [1.807, 2.05) is 0 Å². The van der Waals surface area contributed by atoms with Crippen molar-refractivity contribution >= 4 is 50.6 Å². The maximum atomic E-state index is 5.67. The lowest BCUT2D eigenvalue weighted by molar-refractivity contribution is 0.444. The number of rotatable bonds is 9. The van der Waals surface area contributed by atoms with Crippen LogP contribution in [-0.2, 0) is 0 Å². The highest BCUT2D eigenvalue weighted by molar-refractivity contribution is 7.19. The van der Waals surface area contributed by atoms with Gasteiger partial charge in [-0.1, -0.05) is 213 Å². The molecule has 0 N–H and O–H groups in total. The molecule has 4 heteroatoms. The van der Waals surface area contributed by atoms with Crippen LogP contribution in [0.25, 0.3) is 61.4 Å². The van der Waals surface area contributed by atoms with E-state index in [1.54, 1.807) is 0 Å². The molecular formula is C58H47N3Si. The molecule has 1 saturated carbocycles. The Kier molecular flexibility index (Phi) is 9.99. The maximum Gasteiger partial charge on any atom is 0.179 e. The summed E-state index contributed by atoms with van der Waals surface area (Å²) in [5.41, 5.74) is 9.10. The van der Waals surface area contributed by atoms with Crippen molar-refractivity contribution in [3.8, 4) is 39.6 Å². The first-order valence-electron chi connectivity index (χ1n) is 22.1. The van der Waals surface area contributed by atoms with Crippen LogP contribution in [0.4, 0.5) is 0 Å². The molecule has 11 rings (SSSR count). The van der Waals surface area contributed by atoms with Crippen molar-refractivity contribution in [1.29, 1.82) is 0 Å². The molecule has 0 radical (unpaired) electrons. The van der Waals surface area contributed by atoms with Gasteiger partial charge in [0.1, 0.15) is 5.82 Å². The SMILES string of the molecule is c1ccc(-c2ccc(C3CCCCC3)c(-c3nc(-c4cccc([Si](c5ccccc5)(c5ccccc5)c5ccccc5)c4)cc(-n4c5ccccc5c5ccccc54)n3)c2)cc1. The highest BCUT2D eigenvalue weighted by Crippen LogP contribution is 2.41. The maximum absolute atomic E-state index is 5.67. The van der Waals surface area contributed by atoms with E-state index >= 15 is 0 Å². The number of hydrogen-bond acceptors (Lipinski definition) is 2. The smallest absolute Gasteiger partial charge is 0.179 e. The van der Waals surface area contributed by atoms with Gasteiger partial charge in [-0.25, -0.2) is 9.97 Å². The molecule has 0 saturated heterocycles. The van der Waals surface area contributed by atoms with E-state index in [0.717, 1.165) is 39.5 Å². The number of hydrogen-bond donors (Lipinski definition) is 0. The molecule has 8 aromatic carbocycles. The quantitative estimate of drug-likeness (QED) is 0.107. The minimum absolute atomic E-state index is 0.463. The second-order valence-corrected chi connectivity index (χ2v) is 20.5. The zero-order valence-electron chi connectivity index (χ0n) is 34.7. The standard InChI is InChI=1S/C58H47N3Si/c1-6-21-42(22-7-1)44-37-38-50(43-23-8-2-9-24-43)53(40-44)58-59-54(41-57(60-58)61-55-35-18-16-33-51(55)52-34-17-19-36-56(52)61)45-25-20-32-49(39-45)62(46-26-10-3-11-27-46,47-28-12-4-13-29-47)48-30-14-5-15-31-48/h1,3-7,10-22,25-41,43H,2,8-9,23-24H2. The monoisotopic (exact) mass is 813 g/mol. The van der Waals surface area contributed by atoms with Crippen LogP contribution >= 0.6 is 0 Å². The highest BCUT2D eigenvalue weighted by atomic mass is 28.3. The zero-order chi connectivity index (χ0) is 41.3. The second-order valence-electron chi connectivity index (χ2n) is 16.7. The van der Waals surface area contributed by atoms with Crippen molar-refractivity contribution in [2.24, 2.45) is 0 Å². The first-order valence-corrected chi connectivity index (χ1v) is 24.1. The van der Waals surface area contributed by atoms with Crippen molar-refractivity contribution in [1.82, 2.24) is 14.5 Å². The summed E-state index contributed by atoms with van der Waals surface area (Å²) in [6.45, 7) is 0. The van der Waals surface area contributed by atoms with Crippen LogP contribution in [0.5, 0.6) is 0 Å². The molecule has 1 fully saturated rings. The fraction of sp³-hybridized carbons (Fsp3) is 0.103. The largest absolute Gasteiger partial charge is 0.294 e. The number of para-hydroxylation sites is 2. The Balaban J connectivity index is 1.19. The average molecular weight is 814 g/mol. The topological polar surface area (TPSA) is 30.7 Å². The fourth-order valence-corrected chi connectivity index (χ4v) is 15.1. The van der Waals surface area contributed by atoms with Crippen LogP contribution in [0, 0.1) is 0 Å². The van der Waals surface area contributed by atoms with E-state index in [2.05, 4.69) is 223 Å². The van der Waals surface area contributed by atoms with E-state index in [1.165, 1.54) is 80.3 Å². The lowest BCUT2D eigenvalue weighted by atomic mass is 9.81. The summed E-state index contributed by atoms with van der Waals surface area (Å²) in [6, 6.07) is 80.2. The predicted octanol–water partition coefficient (Wildman–Crippen LogP) is 12.0. The van der Waals surface area contributed by atoms with Crippen LogP contribution in [0.1, 0.15) is 43.6 Å². The van der Waals surface area contributed by atoms with E-state index in [-0.39, 0.29) is 0 Å². The third-order valence-electron chi connectivity index (χ3n) is 13.2. The van der Waals surface area contributed by atoms with Crippen LogP contribution in [0.2, 0.25) is 0 Å². The Bertz CT molecular complexity index is 3000. The summed E-state index contributed by atoms with van der Waals surface area (Å²) < 4.78 is 2.35. The van der Waals surface area contributed by atoms with Crippen molar-refractivity contribution in [3.63, 3.8) is 0 Å². The van der Waals surface area contributed by atoms with Gasteiger partial charge in [0.05, 0.1) is 16.7 Å². The van der Waals surface area contributed by atoms with E-state index in [9.17, 15) is 0 Å². The number of benzene rings is 8. The summed E-state index contributed by atoms with van der Waals surface area (Å²) in [6.07, 6.45) is 6.17. The summed E-state index contributed by atoms with van der Waals surface area (Å²) >= 11 is 0. The minimum atomic E-state index is -2.81. The summed E-state index contributed by atoms with van der Waals surface area (Å²) in [4.78, 5) is 11.3. The Hall–Kier alpha value is -7.14. The molecule has 0 amide bonds. The van der Waals surface area contributed by atoms with Gasteiger partial charge in [-0.2, -0.15) is 0 Å². The van der Waals surface area contributed by atoms with Crippen LogP contribution in [0.15, 0.2) is 218 Å². The normalized spacial score (nSPS) is 13.4. The van der Waals surface area contributed by atoms with Gasteiger partial charge < -0.3 is 0 Å². The van der Waals surface area contributed by atoms with Gasteiger partial charge in [0, 0.05) is 28.0 Å². The van der Waals surface area contributed by atoms with Crippen molar-refractivity contribution in [2.45, 2.75) is 38.0 Å². The fourth-order valence-electron chi connectivity index (χ4n) is 10.3. The molecule has 0 unspecified atom stereocenters. The predicted molar refractivity (Wildman–Crippen MR) is 262 cm³/mol. The van der Waals surface area contributed by atoms with E-state index in [0.29, 0.717) is 5.92 Å². The van der Waals surface area contributed by atoms with Gasteiger partial charge in [-0.15, -0.1) is 0 Å². The Morgan fingerprint density at radius 2 is 0.919 bits per heavy atom. The lowest BCUT2D eigenvalue weighted by Crippen LogP contribution is -2.74. The summed E-state index contributed by atoms with van der Waals surface area (Å²) in [5.74, 6) is 2.09. The third-order valence-corrected chi connectivity index (χ3v) is 18.0. The van der Waals surface area contributed by atoms with Gasteiger partial charge in [-0.3, -0.25) is 4.57 Å². The van der Waals surface area contributed by atoms with E-state index in [4.69, 9.17) is 9.97 Å². The Morgan fingerprint density at radius 3 is 1.52 bits per heavy atom. The first-order chi connectivity index (χ1) is 30.8. The van der Waals surface area contributed by atoms with Crippen molar-refractivity contribution in [2.75, 3.05) is 0 Å². The van der Waals surface area contributed by atoms with Gasteiger partial charge in [0.2, 0.25) is 0 Å². The number of aromatic nitrogens is 3. The van der Waals surface area contributed by atoms with Gasteiger partial charge in [-0.05, 0) is 74.4 Å². The van der Waals surface area contributed by atoms with E-state index < -0.39 is 8.07 Å². The zero-order valence-corrected chi connectivity index (χ0v) is 35.7. The molecule has 0 bridgehead atoms. The first kappa shape index (κ1) is 37.8. The number of fused-ring (bicyclic) bond motifs is 3. The molecule has 298 valence electrons. The molecule has 0 atom stereocenters. The van der Waals surface area contributed by atoms with Crippen LogP contribution < -0.4 is 20.7 Å². The van der Waals surface area contributed by atoms with Crippen molar-refractivity contribution in [3.05, 3.63) is 224 Å². The minimum Gasteiger partial charge on any atom is -0.294 e. The molecule has 1 aliphatic rings. The van der Waals surface area contributed by atoms with Crippen LogP contribution in [0.3, 0.4) is 0 Å². The Morgan fingerprint density at radius 1 is 0.403 bits per heavy atom. The molecule has 1 aliphatic carbocycles. The summed E-state index contributed by atoms with van der Waals surface area (Å²) in [5, 5.41) is 7.78. The molecule has 0 spiro atoms.